The van der Waals surface area contributed by atoms with Gasteiger partial charge in [-0.15, -0.1) is 0 Å². The molecule has 0 saturated carbocycles. The molecule has 1 heterocycles. The molecule has 116 valence electrons. The van der Waals surface area contributed by atoms with Crippen molar-refractivity contribution in [1.82, 2.24) is 5.32 Å². The first-order valence-corrected chi connectivity index (χ1v) is 7.72. The van der Waals surface area contributed by atoms with Gasteiger partial charge >= 0.3 is 5.97 Å². The third-order valence-electron chi connectivity index (χ3n) is 3.12. The Labute approximate surface area is 133 Å². The predicted molar refractivity (Wildman–Crippen MR) is 82.7 cm³/mol. The second-order valence-electron chi connectivity index (χ2n) is 5.29. The van der Waals surface area contributed by atoms with Crippen LogP contribution in [0.2, 0.25) is 0 Å². The number of esters is 1. The third kappa shape index (κ3) is 3.89. The Morgan fingerprint density at radius 3 is 2.76 bits per heavy atom. The van der Waals surface area contributed by atoms with E-state index in [-0.39, 0.29) is 5.97 Å². The van der Waals surface area contributed by atoms with Crippen LogP contribution in [0.15, 0.2) is 16.6 Å². The highest BCUT2D eigenvalue weighted by molar-refractivity contribution is 9.10. The lowest BCUT2D eigenvalue weighted by atomic mass is 10.0. The van der Waals surface area contributed by atoms with Crippen LogP contribution in [0.1, 0.15) is 25.5 Å². The normalized spacial score (nSPS) is 14.9. The molecular weight excluding hydrogens is 338 g/mol. The summed E-state index contributed by atoms with van der Waals surface area (Å²) < 4.78 is 16.8. The fourth-order valence-corrected chi connectivity index (χ4v) is 2.68. The van der Waals surface area contributed by atoms with Crippen LogP contribution in [0.3, 0.4) is 0 Å². The summed E-state index contributed by atoms with van der Waals surface area (Å²) in [6.45, 7) is 5.91. The number of carbonyl (C=O) groups is 1. The minimum absolute atomic E-state index is 0.320. The van der Waals surface area contributed by atoms with Crippen LogP contribution >= 0.6 is 15.9 Å². The summed E-state index contributed by atoms with van der Waals surface area (Å²) in [5.41, 5.74) is 0.790. The van der Waals surface area contributed by atoms with Crippen molar-refractivity contribution in [3.63, 3.8) is 0 Å². The Morgan fingerprint density at radius 2 is 2.10 bits per heavy atom. The maximum Gasteiger partial charge on any atom is 0.327 e. The molecule has 1 N–H and O–H groups in total. The van der Waals surface area contributed by atoms with Gasteiger partial charge in [-0.2, -0.15) is 0 Å². The molecule has 0 bridgehead atoms. The zero-order chi connectivity index (χ0) is 15.4. The maximum atomic E-state index is 12.0. The number of benzene rings is 1. The molecule has 1 aliphatic heterocycles. The van der Waals surface area contributed by atoms with E-state index in [0.29, 0.717) is 37.2 Å². The molecule has 0 aromatic heterocycles. The Hall–Kier alpha value is -1.27. The summed E-state index contributed by atoms with van der Waals surface area (Å²) in [4.78, 5) is 12.0. The first kappa shape index (κ1) is 16.1. The average molecular weight is 358 g/mol. The third-order valence-corrected chi connectivity index (χ3v) is 3.71. The van der Waals surface area contributed by atoms with Crippen molar-refractivity contribution in [3.8, 4) is 11.5 Å². The second kappa shape index (κ2) is 7.13. The van der Waals surface area contributed by atoms with Gasteiger partial charge in [-0.3, -0.25) is 0 Å². The van der Waals surface area contributed by atoms with Crippen LogP contribution in [0, 0.1) is 5.92 Å². The van der Waals surface area contributed by atoms with E-state index in [1.165, 1.54) is 7.11 Å². The quantitative estimate of drug-likeness (QED) is 0.821. The van der Waals surface area contributed by atoms with E-state index in [1.807, 2.05) is 12.1 Å². The topological polar surface area (TPSA) is 56.8 Å². The van der Waals surface area contributed by atoms with Crippen molar-refractivity contribution in [3.05, 3.63) is 22.2 Å². The lowest BCUT2D eigenvalue weighted by molar-refractivity contribution is -0.143. The molecule has 6 heteroatoms. The lowest BCUT2D eigenvalue weighted by Gasteiger charge is -2.23. The second-order valence-corrected chi connectivity index (χ2v) is 6.14. The fourth-order valence-electron chi connectivity index (χ4n) is 2.11. The molecule has 0 amide bonds. The Kier molecular flexibility index (Phi) is 5.47. The first-order chi connectivity index (χ1) is 10.0. The Balaban J connectivity index is 2.30. The number of hydrogen-bond donors (Lipinski definition) is 1. The number of fused-ring (bicyclic) bond motifs is 1. The van der Waals surface area contributed by atoms with Crippen LogP contribution in [0.5, 0.6) is 11.5 Å². The molecule has 0 fully saturated rings. The van der Waals surface area contributed by atoms with Crippen LogP contribution in [0.4, 0.5) is 0 Å². The fraction of sp³-hybridized carbons (Fsp3) is 0.533. The smallest absolute Gasteiger partial charge is 0.327 e. The summed E-state index contributed by atoms with van der Waals surface area (Å²) in [6, 6.07) is 3.17. The molecule has 1 atom stereocenters. The number of halogens is 1. The van der Waals surface area contributed by atoms with E-state index >= 15 is 0 Å². The molecule has 5 nitrogen and oxygen atoms in total. The molecular formula is C15H20BrNO4. The lowest BCUT2D eigenvalue weighted by Crippen LogP contribution is -2.32. The van der Waals surface area contributed by atoms with Gasteiger partial charge in [0.15, 0.2) is 11.5 Å². The number of carbonyl (C=O) groups excluding carboxylic acids is 1. The minimum Gasteiger partial charge on any atom is -0.486 e. The Morgan fingerprint density at radius 1 is 1.38 bits per heavy atom. The number of rotatable bonds is 5. The Bertz CT molecular complexity index is 519. The van der Waals surface area contributed by atoms with Crippen molar-refractivity contribution in [2.24, 2.45) is 5.92 Å². The van der Waals surface area contributed by atoms with Crippen LogP contribution < -0.4 is 14.8 Å². The molecule has 1 unspecified atom stereocenters. The highest BCUT2D eigenvalue weighted by Crippen LogP contribution is 2.40. The van der Waals surface area contributed by atoms with Gasteiger partial charge in [-0.25, -0.2) is 4.79 Å². The van der Waals surface area contributed by atoms with E-state index in [0.717, 1.165) is 10.0 Å². The van der Waals surface area contributed by atoms with Gasteiger partial charge in [0, 0.05) is 0 Å². The molecule has 1 aliphatic rings. The van der Waals surface area contributed by atoms with E-state index in [1.54, 1.807) is 0 Å². The number of nitrogens with one attached hydrogen (secondary N) is 1. The SMILES string of the molecule is COC(=O)C(NCC(C)C)c1cc(Br)c2c(c1)OCCO2. The molecule has 0 aliphatic carbocycles. The standard InChI is InChI=1S/C15H20BrNO4/c1-9(2)8-17-13(15(18)19-3)10-6-11(16)14-12(7-10)20-4-5-21-14/h6-7,9,13,17H,4-5,8H2,1-3H3. The van der Waals surface area contributed by atoms with Gasteiger partial charge in [-0.1, -0.05) is 13.8 Å². The van der Waals surface area contributed by atoms with Crippen molar-refractivity contribution in [2.45, 2.75) is 19.9 Å². The van der Waals surface area contributed by atoms with Crippen LogP contribution in [-0.2, 0) is 9.53 Å². The molecule has 0 saturated heterocycles. The zero-order valence-electron chi connectivity index (χ0n) is 12.4. The molecule has 0 spiro atoms. The molecule has 1 aromatic rings. The van der Waals surface area contributed by atoms with Gasteiger partial charge in [0.25, 0.3) is 0 Å². The molecule has 21 heavy (non-hydrogen) atoms. The van der Waals surface area contributed by atoms with Gasteiger partial charge in [0.2, 0.25) is 0 Å². The molecule has 0 radical (unpaired) electrons. The van der Waals surface area contributed by atoms with Crippen molar-refractivity contribution in [1.29, 1.82) is 0 Å². The monoisotopic (exact) mass is 357 g/mol. The maximum absolute atomic E-state index is 12.0. The van der Waals surface area contributed by atoms with E-state index in [9.17, 15) is 4.79 Å². The highest BCUT2D eigenvalue weighted by Gasteiger charge is 2.25. The molecule has 2 rings (SSSR count). The summed E-state index contributed by atoms with van der Waals surface area (Å²) in [5.74, 6) is 1.43. The number of hydrogen-bond acceptors (Lipinski definition) is 5. The largest absolute Gasteiger partial charge is 0.486 e. The predicted octanol–water partition coefficient (Wildman–Crippen LogP) is 2.68. The van der Waals surface area contributed by atoms with Crippen molar-refractivity contribution < 1.29 is 19.0 Å². The van der Waals surface area contributed by atoms with E-state index in [2.05, 4.69) is 35.1 Å². The van der Waals surface area contributed by atoms with Crippen molar-refractivity contribution in [2.75, 3.05) is 26.9 Å². The average Bonchev–Trinajstić information content (AvgIpc) is 2.47. The van der Waals surface area contributed by atoms with Gasteiger partial charge in [0.1, 0.15) is 19.3 Å². The van der Waals surface area contributed by atoms with Gasteiger partial charge in [0.05, 0.1) is 11.6 Å². The summed E-state index contributed by atoms with van der Waals surface area (Å²) >= 11 is 3.47. The van der Waals surface area contributed by atoms with Crippen LogP contribution in [0.25, 0.3) is 0 Å². The highest BCUT2D eigenvalue weighted by atomic mass is 79.9. The van der Waals surface area contributed by atoms with Crippen molar-refractivity contribution >= 4 is 21.9 Å². The van der Waals surface area contributed by atoms with E-state index in [4.69, 9.17) is 14.2 Å². The van der Waals surface area contributed by atoms with Gasteiger partial charge in [-0.05, 0) is 46.1 Å². The summed E-state index contributed by atoms with van der Waals surface area (Å²) in [7, 11) is 1.39. The number of methoxy groups -OCH3 is 1. The minimum atomic E-state index is -0.524. The van der Waals surface area contributed by atoms with E-state index < -0.39 is 6.04 Å². The number of ether oxygens (including phenoxy) is 3. The summed E-state index contributed by atoms with van der Waals surface area (Å²) in [6.07, 6.45) is 0. The zero-order valence-corrected chi connectivity index (χ0v) is 14.0. The van der Waals surface area contributed by atoms with Gasteiger partial charge < -0.3 is 19.5 Å². The van der Waals surface area contributed by atoms with Crippen LogP contribution in [-0.4, -0.2) is 32.8 Å². The molecule has 1 aromatic carbocycles. The summed E-state index contributed by atoms with van der Waals surface area (Å²) in [5, 5.41) is 3.23. The first-order valence-electron chi connectivity index (χ1n) is 6.93.